The molecule has 0 N–H and O–H groups in total. The van der Waals surface area contributed by atoms with Gasteiger partial charge in [0.2, 0.25) is 0 Å². The largest absolute Gasteiger partial charge is 0.335 e. The van der Waals surface area contributed by atoms with Gasteiger partial charge in [0.15, 0.2) is 9.84 Å². The number of carbonyl (C=O) groups is 1. The maximum Gasteiger partial charge on any atom is 0.254 e. The summed E-state index contributed by atoms with van der Waals surface area (Å²) in [5.74, 6) is 0.159. The van der Waals surface area contributed by atoms with Gasteiger partial charge in [0.25, 0.3) is 5.91 Å². The molecule has 0 saturated carbocycles. The van der Waals surface area contributed by atoms with Crippen LogP contribution in [0.1, 0.15) is 23.7 Å². The van der Waals surface area contributed by atoms with E-state index in [9.17, 15) is 13.2 Å². The van der Waals surface area contributed by atoms with Crippen LogP contribution in [-0.2, 0) is 9.84 Å². The fraction of sp³-hybridized carbons (Fsp3) is 0.462. The average molecular weight is 346 g/mol. The van der Waals surface area contributed by atoms with Crippen LogP contribution in [0.2, 0.25) is 0 Å². The average Bonchev–Trinajstić information content (AvgIpc) is 2.70. The molecule has 1 aromatic carbocycles. The fourth-order valence-electron chi connectivity index (χ4n) is 2.38. The maximum atomic E-state index is 12.4. The van der Waals surface area contributed by atoms with E-state index in [4.69, 9.17) is 0 Å². The van der Waals surface area contributed by atoms with Gasteiger partial charge in [0, 0.05) is 22.6 Å². The Balaban J connectivity index is 2.21. The first kappa shape index (κ1) is 14.5. The molecule has 0 unspecified atom stereocenters. The van der Waals surface area contributed by atoms with Gasteiger partial charge in [-0.1, -0.05) is 22.0 Å². The lowest BCUT2D eigenvalue weighted by atomic mass is 10.1. The van der Waals surface area contributed by atoms with Gasteiger partial charge in [0.05, 0.1) is 11.5 Å². The van der Waals surface area contributed by atoms with E-state index in [1.807, 2.05) is 13.0 Å². The summed E-state index contributed by atoms with van der Waals surface area (Å²) in [7, 11) is -2.98. The van der Waals surface area contributed by atoms with Crippen molar-refractivity contribution in [3.63, 3.8) is 0 Å². The standard InChI is InChI=1S/C13H16BrNO3S/c1-2-15(12-6-7-19(17,18)9-12)13(16)10-4-3-5-11(14)8-10/h3-5,8,12H,2,6-7,9H2,1H3/t12-/m0/s1. The first-order valence-electron chi connectivity index (χ1n) is 6.20. The van der Waals surface area contributed by atoms with Gasteiger partial charge in [-0.05, 0) is 31.5 Å². The third-order valence-corrected chi connectivity index (χ3v) is 5.57. The summed E-state index contributed by atoms with van der Waals surface area (Å²) in [5.41, 5.74) is 0.584. The highest BCUT2D eigenvalue weighted by Crippen LogP contribution is 2.21. The molecule has 1 atom stereocenters. The van der Waals surface area contributed by atoms with Crippen LogP contribution in [0.25, 0.3) is 0 Å². The third kappa shape index (κ3) is 3.36. The van der Waals surface area contributed by atoms with Crippen molar-refractivity contribution in [2.24, 2.45) is 0 Å². The van der Waals surface area contributed by atoms with Crippen molar-refractivity contribution in [2.45, 2.75) is 19.4 Å². The van der Waals surface area contributed by atoms with Crippen LogP contribution in [0.4, 0.5) is 0 Å². The number of carbonyl (C=O) groups excluding carboxylic acids is 1. The van der Waals surface area contributed by atoms with Gasteiger partial charge in [-0.25, -0.2) is 8.42 Å². The number of benzene rings is 1. The van der Waals surface area contributed by atoms with E-state index in [0.29, 0.717) is 18.5 Å². The minimum Gasteiger partial charge on any atom is -0.335 e. The van der Waals surface area contributed by atoms with Gasteiger partial charge >= 0.3 is 0 Å². The van der Waals surface area contributed by atoms with Crippen molar-refractivity contribution in [1.29, 1.82) is 0 Å². The van der Waals surface area contributed by atoms with Gasteiger partial charge in [-0.3, -0.25) is 4.79 Å². The molecule has 0 bridgehead atoms. The number of nitrogens with zero attached hydrogens (tertiary/aromatic N) is 1. The summed E-state index contributed by atoms with van der Waals surface area (Å²) in [6.45, 7) is 2.40. The van der Waals surface area contributed by atoms with Crippen molar-refractivity contribution in [1.82, 2.24) is 4.90 Å². The Bertz CT molecular complexity index is 585. The molecule has 4 nitrogen and oxygen atoms in total. The Morgan fingerprint density at radius 1 is 1.47 bits per heavy atom. The number of hydrogen-bond donors (Lipinski definition) is 0. The second-order valence-electron chi connectivity index (χ2n) is 4.66. The molecule has 0 radical (unpaired) electrons. The lowest BCUT2D eigenvalue weighted by molar-refractivity contribution is 0.0708. The zero-order valence-corrected chi connectivity index (χ0v) is 13.1. The first-order valence-corrected chi connectivity index (χ1v) is 8.81. The highest BCUT2D eigenvalue weighted by molar-refractivity contribution is 9.10. The Labute approximate surface area is 121 Å². The predicted molar refractivity (Wildman–Crippen MR) is 77.9 cm³/mol. The summed E-state index contributed by atoms with van der Waals surface area (Å²) in [6.07, 6.45) is 0.538. The number of sulfone groups is 1. The van der Waals surface area contributed by atoms with E-state index in [-0.39, 0.29) is 23.5 Å². The molecule has 0 spiro atoms. The van der Waals surface area contributed by atoms with Crippen molar-refractivity contribution in [2.75, 3.05) is 18.1 Å². The fourth-order valence-corrected chi connectivity index (χ4v) is 4.51. The topological polar surface area (TPSA) is 54.5 Å². The van der Waals surface area contributed by atoms with Crippen LogP contribution in [0.3, 0.4) is 0 Å². The van der Waals surface area contributed by atoms with Gasteiger partial charge < -0.3 is 4.90 Å². The minimum absolute atomic E-state index is 0.0839. The van der Waals surface area contributed by atoms with E-state index in [1.54, 1.807) is 23.1 Å². The van der Waals surface area contributed by atoms with Crippen LogP contribution >= 0.6 is 15.9 Å². The molecule has 0 aliphatic carbocycles. The van der Waals surface area contributed by atoms with E-state index in [1.165, 1.54) is 0 Å². The summed E-state index contributed by atoms with van der Waals surface area (Å²) in [5, 5.41) is 0. The van der Waals surface area contributed by atoms with Gasteiger partial charge in [-0.15, -0.1) is 0 Å². The highest BCUT2D eigenvalue weighted by atomic mass is 79.9. The predicted octanol–water partition coefficient (Wildman–Crippen LogP) is 2.10. The Morgan fingerprint density at radius 3 is 2.74 bits per heavy atom. The van der Waals surface area contributed by atoms with E-state index in [0.717, 1.165) is 4.47 Å². The van der Waals surface area contributed by atoms with Gasteiger partial charge in [-0.2, -0.15) is 0 Å². The number of hydrogen-bond acceptors (Lipinski definition) is 3. The zero-order chi connectivity index (χ0) is 14.0. The van der Waals surface area contributed by atoms with E-state index in [2.05, 4.69) is 15.9 Å². The molecule has 104 valence electrons. The molecule has 1 fully saturated rings. The lowest BCUT2D eigenvalue weighted by Gasteiger charge is -2.27. The molecule has 1 aliphatic heterocycles. The normalized spacial score (nSPS) is 21.3. The van der Waals surface area contributed by atoms with Gasteiger partial charge in [0.1, 0.15) is 0 Å². The molecule has 1 heterocycles. The van der Waals surface area contributed by atoms with Crippen LogP contribution in [-0.4, -0.2) is 43.3 Å². The zero-order valence-electron chi connectivity index (χ0n) is 10.7. The lowest BCUT2D eigenvalue weighted by Crippen LogP contribution is -2.40. The molecule has 1 aromatic rings. The van der Waals surface area contributed by atoms with E-state index < -0.39 is 9.84 Å². The molecular formula is C13H16BrNO3S. The maximum absolute atomic E-state index is 12.4. The van der Waals surface area contributed by atoms with Crippen LogP contribution in [0, 0.1) is 0 Å². The molecule has 6 heteroatoms. The molecule has 1 saturated heterocycles. The van der Waals surface area contributed by atoms with Crippen LogP contribution in [0.5, 0.6) is 0 Å². The minimum atomic E-state index is -2.98. The van der Waals surface area contributed by atoms with Crippen LogP contribution < -0.4 is 0 Å². The second kappa shape index (κ2) is 5.63. The van der Waals surface area contributed by atoms with Crippen molar-refractivity contribution in [3.05, 3.63) is 34.3 Å². The summed E-state index contributed by atoms with van der Waals surface area (Å²) in [6, 6.07) is 6.97. The Kier molecular flexibility index (Phi) is 4.30. The number of halogens is 1. The smallest absolute Gasteiger partial charge is 0.254 e. The van der Waals surface area contributed by atoms with E-state index >= 15 is 0 Å². The highest BCUT2D eigenvalue weighted by Gasteiger charge is 2.34. The SMILES string of the molecule is CCN(C(=O)c1cccc(Br)c1)[C@H]1CCS(=O)(=O)C1. The monoisotopic (exact) mass is 345 g/mol. The van der Waals surface area contributed by atoms with Crippen molar-refractivity contribution in [3.8, 4) is 0 Å². The molecule has 1 amide bonds. The number of rotatable bonds is 3. The number of amides is 1. The molecule has 0 aromatic heterocycles. The second-order valence-corrected chi connectivity index (χ2v) is 7.80. The third-order valence-electron chi connectivity index (χ3n) is 3.32. The van der Waals surface area contributed by atoms with Crippen LogP contribution in [0.15, 0.2) is 28.7 Å². The molecule has 2 rings (SSSR count). The molecule has 19 heavy (non-hydrogen) atoms. The summed E-state index contributed by atoms with van der Waals surface area (Å²) >= 11 is 3.34. The van der Waals surface area contributed by atoms with Crippen molar-refractivity contribution >= 4 is 31.7 Å². The quantitative estimate of drug-likeness (QED) is 0.842. The molecule has 1 aliphatic rings. The molecular weight excluding hydrogens is 330 g/mol. The Hall–Kier alpha value is -0.880. The first-order chi connectivity index (χ1) is 8.93. The summed E-state index contributed by atoms with van der Waals surface area (Å²) < 4.78 is 23.9. The summed E-state index contributed by atoms with van der Waals surface area (Å²) in [4.78, 5) is 14.1. The van der Waals surface area contributed by atoms with Crippen molar-refractivity contribution < 1.29 is 13.2 Å². The Morgan fingerprint density at radius 2 is 2.21 bits per heavy atom.